The van der Waals surface area contributed by atoms with Crippen molar-refractivity contribution in [1.82, 2.24) is 0 Å². The van der Waals surface area contributed by atoms with Crippen LogP contribution < -0.4 is 4.72 Å². The van der Waals surface area contributed by atoms with Gasteiger partial charge in [0.15, 0.2) is 4.90 Å². The molecule has 0 spiro atoms. The number of nitrogens with one attached hydrogen (secondary N) is 1. The van der Waals surface area contributed by atoms with Gasteiger partial charge in [-0.15, -0.1) is 0 Å². The zero-order valence-electron chi connectivity index (χ0n) is 10.7. The zero-order chi connectivity index (χ0) is 15.8. The van der Waals surface area contributed by atoms with E-state index in [1.165, 1.54) is 25.1 Å². The smallest absolute Gasteiger partial charge is 0.267 e. The topological polar surface area (TPSA) is 66.4 Å². The molecule has 0 aliphatic rings. The lowest BCUT2D eigenvalue weighted by molar-refractivity contribution is 0.471. The van der Waals surface area contributed by atoms with Crippen LogP contribution in [-0.4, -0.2) is 13.5 Å². The molecule has 4 nitrogen and oxygen atoms in total. The van der Waals surface area contributed by atoms with E-state index in [0.29, 0.717) is 0 Å². The van der Waals surface area contributed by atoms with Crippen LogP contribution in [0.2, 0.25) is 0 Å². The maximum Gasteiger partial charge on any atom is 0.267 e. The lowest BCUT2D eigenvalue weighted by atomic mass is 10.2. The van der Waals surface area contributed by atoms with Crippen molar-refractivity contribution in [2.24, 2.45) is 0 Å². The first-order valence-electron chi connectivity index (χ1n) is 5.68. The summed E-state index contributed by atoms with van der Waals surface area (Å²) in [5, 5.41) is 9.48. The summed E-state index contributed by atoms with van der Waals surface area (Å²) in [5.74, 6) is -4.50. The molecule has 0 aliphatic carbocycles. The summed E-state index contributed by atoms with van der Waals surface area (Å²) in [6.07, 6.45) is 0. The van der Waals surface area contributed by atoms with Crippen LogP contribution in [0.25, 0.3) is 0 Å². The number of halogens is 3. The van der Waals surface area contributed by atoms with Crippen molar-refractivity contribution in [2.75, 3.05) is 4.72 Å². The fraction of sp³-hybridized carbons (Fsp3) is 0.0769. The summed E-state index contributed by atoms with van der Waals surface area (Å²) in [6.45, 7) is 1.42. The minimum atomic E-state index is -4.61. The van der Waals surface area contributed by atoms with Crippen molar-refractivity contribution >= 4 is 15.7 Å². The van der Waals surface area contributed by atoms with Crippen molar-refractivity contribution < 1.29 is 26.7 Å². The Morgan fingerprint density at radius 2 is 1.67 bits per heavy atom. The predicted octanol–water partition coefficient (Wildman–Crippen LogP) is 2.92. The lowest BCUT2D eigenvalue weighted by Gasteiger charge is -2.12. The summed E-state index contributed by atoms with van der Waals surface area (Å²) in [5.41, 5.74) is 0.141. The molecule has 0 saturated heterocycles. The molecule has 0 radical (unpaired) electrons. The minimum Gasteiger partial charge on any atom is -0.508 e. The molecule has 2 aromatic carbocycles. The fourth-order valence-corrected chi connectivity index (χ4v) is 2.96. The Labute approximate surface area is 118 Å². The molecule has 21 heavy (non-hydrogen) atoms. The van der Waals surface area contributed by atoms with Crippen LogP contribution in [0.3, 0.4) is 0 Å². The number of rotatable bonds is 3. The van der Waals surface area contributed by atoms with Gasteiger partial charge in [0, 0.05) is 17.7 Å². The van der Waals surface area contributed by atoms with Crippen LogP contribution in [-0.2, 0) is 10.0 Å². The highest BCUT2D eigenvalue weighted by Gasteiger charge is 2.26. The van der Waals surface area contributed by atoms with E-state index in [1.54, 1.807) is 0 Å². The van der Waals surface area contributed by atoms with Crippen LogP contribution in [0.1, 0.15) is 5.56 Å². The molecule has 2 N–H and O–H groups in total. The molecular formula is C13H10F3NO3S. The van der Waals surface area contributed by atoms with Crippen molar-refractivity contribution in [1.29, 1.82) is 0 Å². The number of phenolic OH excluding ortho intramolecular Hbond substituents is 1. The fourth-order valence-electron chi connectivity index (χ4n) is 1.72. The second-order valence-corrected chi connectivity index (χ2v) is 5.87. The van der Waals surface area contributed by atoms with Crippen molar-refractivity contribution in [3.63, 3.8) is 0 Å². The molecule has 0 saturated carbocycles. The molecule has 0 aromatic heterocycles. The van der Waals surface area contributed by atoms with Gasteiger partial charge in [0.1, 0.15) is 23.2 Å². The highest BCUT2D eigenvalue weighted by atomic mass is 32.2. The van der Waals surface area contributed by atoms with Gasteiger partial charge in [-0.25, -0.2) is 21.6 Å². The van der Waals surface area contributed by atoms with Crippen LogP contribution in [0.15, 0.2) is 35.2 Å². The van der Waals surface area contributed by atoms with Crippen molar-refractivity contribution in [2.45, 2.75) is 11.8 Å². The van der Waals surface area contributed by atoms with Crippen LogP contribution in [0, 0.1) is 24.4 Å². The average Bonchev–Trinajstić information content (AvgIpc) is 2.33. The van der Waals surface area contributed by atoms with Gasteiger partial charge in [0.2, 0.25) is 0 Å². The Morgan fingerprint density at radius 3 is 2.24 bits per heavy atom. The van der Waals surface area contributed by atoms with Gasteiger partial charge in [-0.2, -0.15) is 0 Å². The van der Waals surface area contributed by atoms with Crippen molar-refractivity contribution in [3.8, 4) is 5.75 Å². The average molecular weight is 317 g/mol. The van der Waals surface area contributed by atoms with Gasteiger partial charge >= 0.3 is 0 Å². The Hall–Kier alpha value is -2.22. The first kappa shape index (κ1) is 15.2. The SMILES string of the molecule is Cc1c(O)cccc1NS(=O)(=O)c1c(F)cc(F)cc1F. The second-order valence-electron chi connectivity index (χ2n) is 4.25. The molecule has 0 heterocycles. The van der Waals surface area contributed by atoms with E-state index in [9.17, 15) is 26.7 Å². The van der Waals surface area contributed by atoms with E-state index in [2.05, 4.69) is 0 Å². The number of hydrogen-bond donors (Lipinski definition) is 2. The molecule has 0 bridgehead atoms. The molecule has 0 unspecified atom stereocenters. The van der Waals surface area contributed by atoms with E-state index < -0.39 is 32.4 Å². The Bertz CT molecular complexity index is 783. The van der Waals surface area contributed by atoms with Crippen LogP contribution in [0.4, 0.5) is 18.9 Å². The van der Waals surface area contributed by atoms with Gasteiger partial charge in [-0.1, -0.05) is 6.07 Å². The van der Waals surface area contributed by atoms with Gasteiger partial charge < -0.3 is 5.11 Å². The summed E-state index contributed by atoms with van der Waals surface area (Å²) in [4.78, 5) is -1.29. The summed E-state index contributed by atoms with van der Waals surface area (Å²) >= 11 is 0. The number of hydrogen-bond acceptors (Lipinski definition) is 3. The maximum atomic E-state index is 13.5. The van der Waals surface area contributed by atoms with Gasteiger partial charge in [-0.05, 0) is 19.1 Å². The Morgan fingerprint density at radius 1 is 1.10 bits per heavy atom. The molecule has 2 rings (SSSR count). The molecule has 0 amide bonds. The Kier molecular flexibility index (Phi) is 3.82. The molecular weight excluding hydrogens is 307 g/mol. The molecule has 8 heteroatoms. The zero-order valence-corrected chi connectivity index (χ0v) is 11.5. The van der Waals surface area contributed by atoms with Crippen LogP contribution in [0.5, 0.6) is 5.75 Å². The van der Waals surface area contributed by atoms with Gasteiger partial charge in [0.25, 0.3) is 10.0 Å². The highest BCUT2D eigenvalue weighted by molar-refractivity contribution is 7.92. The van der Waals surface area contributed by atoms with E-state index in [-0.39, 0.29) is 29.1 Å². The monoisotopic (exact) mass is 317 g/mol. The second kappa shape index (κ2) is 5.28. The van der Waals surface area contributed by atoms with E-state index in [0.717, 1.165) is 0 Å². The minimum absolute atomic E-state index is 0.0434. The third kappa shape index (κ3) is 2.94. The van der Waals surface area contributed by atoms with E-state index >= 15 is 0 Å². The molecule has 0 aliphatic heterocycles. The molecule has 2 aromatic rings. The number of phenols is 1. The summed E-state index contributed by atoms with van der Waals surface area (Å²) < 4.78 is 65.9. The van der Waals surface area contributed by atoms with Crippen molar-refractivity contribution in [3.05, 3.63) is 53.3 Å². The van der Waals surface area contributed by atoms with E-state index in [1.807, 2.05) is 4.72 Å². The highest BCUT2D eigenvalue weighted by Crippen LogP contribution is 2.28. The summed E-state index contributed by atoms with van der Waals surface area (Å²) in [7, 11) is -4.61. The molecule has 0 fully saturated rings. The van der Waals surface area contributed by atoms with Gasteiger partial charge in [0.05, 0.1) is 5.69 Å². The summed E-state index contributed by atoms with van der Waals surface area (Å²) in [6, 6.07) is 4.54. The first-order valence-corrected chi connectivity index (χ1v) is 7.16. The largest absolute Gasteiger partial charge is 0.508 e. The molecule has 0 atom stereocenters. The van der Waals surface area contributed by atoms with Gasteiger partial charge in [-0.3, -0.25) is 4.72 Å². The number of sulfonamides is 1. The predicted molar refractivity (Wildman–Crippen MR) is 70.0 cm³/mol. The quantitative estimate of drug-likeness (QED) is 0.915. The number of aromatic hydroxyl groups is 1. The maximum absolute atomic E-state index is 13.5. The normalized spacial score (nSPS) is 11.4. The first-order chi connectivity index (χ1) is 9.72. The molecule has 112 valence electrons. The third-order valence-electron chi connectivity index (χ3n) is 2.78. The van der Waals surface area contributed by atoms with Crippen LogP contribution >= 0.6 is 0 Å². The lowest BCUT2D eigenvalue weighted by Crippen LogP contribution is -2.17. The van der Waals surface area contributed by atoms with E-state index in [4.69, 9.17) is 0 Å². The number of benzene rings is 2. The third-order valence-corrected chi connectivity index (χ3v) is 4.20. The Balaban J connectivity index is 2.51. The standard InChI is InChI=1S/C13H10F3NO3S/c1-7-11(3-2-4-12(7)18)17-21(19,20)13-9(15)5-8(14)6-10(13)16/h2-6,17-18H,1H3. The number of anilines is 1.